The van der Waals surface area contributed by atoms with Crippen LogP contribution in [-0.2, 0) is 33.6 Å². The van der Waals surface area contributed by atoms with Gasteiger partial charge in [-0.1, -0.05) is 6.92 Å². The fraction of sp³-hybridized carbons (Fsp3) is 0.650. The number of hydrogen-bond donors (Lipinski definition) is 4. The predicted molar refractivity (Wildman–Crippen MR) is 109 cm³/mol. The number of carboxylic acids is 1. The fourth-order valence-electron chi connectivity index (χ4n) is 2.76. The highest BCUT2D eigenvalue weighted by atomic mass is 16.4. The van der Waals surface area contributed by atoms with Crippen molar-refractivity contribution in [1.29, 1.82) is 0 Å². The second-order valence-electron chi connectivity index (χ2n) is 7.36. The summed E-state index contributed by atoms with van der Waals surface area (Å²) in [5, 5.41) is 13.8. The molecule has 0 bridgehead atoms. The van der Waals surface area contributed by atoms with E-state index in [-0.39, 0.29) is 25.0 Å². The molecular weight excluding hydrogens is 410 g/mol. The third kappa shape index (κ3) is 12.2. The summed E-state index contributed by atoms with van der Waals surface area (Å²) in [6.07, 6.45) is -0.980. The largest absolute Gasteiger partial charge is 0.481 e. The van der Waals surface area contributed by atoms with Crippen LogP contribution < -0.4 is 16.4 Å². The summed E-state index contributed by atoms with van der Waals surface area (Å²) >= 11 is 0. The molecule has 0 aromatic rings. The number of carbonyl (C=O) groups is 7. The van der Waals surface area contributed by atoms with Crippen LogP contribution in [0, 0.1) is 5.92 Å². The van der Waals surface area contributed by atoms with Crippen molar-refractivity contribution >= 4 is 41.0 Å². The highest BCUT2D eigenvalue weighted by Crippen LogP contribution is 2.13. The summed E-state index contributed by atoms with van der Waals surface area (Å²) in [5.41, 5.74) is 5.09. The lowest BCUT2D eigenvalue weighted by molar-refractivity contribution is -0.142. The molecule has 174 valence electrons. The Hall–Kier alpha value is -3.11. The maximum absolute atomic E-state index is 12.5. The highest BCUT2D eigenvalue weighted by molar-refractivity contribution is 5.96. The van der Waals surface area contributed by atoms with Crippen LogP contribution in [0.25, 0.3) is 0 Å². The lowest BCUT2D eigenvalue weighted by atomic mass is 9.94. The number of rotatable bonds is 16. The van der Waals surface area contributed by atoms with Gasteiger partial charge in [0.25, 0.3) is 0 Å². The van der Waals surface area contributed by atoms with Crippen LogP contribution in [0.3, 0.4) is 0 Å². The Morgan fingerprint density at radius 3 is 2.00 bits per heavy atom. The summed E-state index contributed by atoms with van der Waals surface area (Å²) in [7, 11) is 0. The molecule has 0 aromatic carbocycles. The second kappa shape index (κ2) is 14.0. The quantitative estimate of drug-likeness (QED) is 0.249. The first kappa shape index (κ1) is 27.9. The van der Waals surface area contributed by atoms with Crippen molar-refractivity contribution in [2.75, 3.05) is 0 Å². The van der Waals surface area contributed by atoms with E-state index in [2.05, 4.69) is 10.6 Å². The van der Waals surface area contributed by atoms with E-state index in [1.54, 1.807) is 0 Å². The minimum absolute atomic E-state index is 0.0213. The number of Topliss-reactive ketones (excluding diaryl/α,β-unsaturated/α-hetero) is 3. The molecule has 0 radical (unpaired) electrons. The third-order valence-corrected chi connectivity index (χ3v) is 4.49. The van der Waals surface area contributed by atoms with Crippen LogP contribution in [0.2, 0.25) is 0 Å². The average Bonchev–Trinajstić information content (AvgIpc) is 2.64. The van der Waals surface area contributed by atoms with Crippen molar-refractivity contribution in [2.24, 2.45) is 11.7 Å². The summed E-state index contributed by atoms with van der Waals surface area (Å²) in [4.78, 5) is 82.0. The molecule has 11 heteroatoms. The maximum atomic E-state index is 12.5. The van der Waals surface area contributed by atoms with Crippen LogP contribution in [0.15, 0.2) is 0 Å². The number of nitrogens with two attached hydrogens (primary N) is 1. The average molecular weight is 441 g/mol. The van der Waals surface area contributed by atoms with Gasteiger partial charge in [0.1, 0.15) is 5.78 Å². The highest BCUT2D eigenvalue weighted by Gasteiger charge is 2.30. The van der Waals surface area contributed by atoms with E-state index < -0.39 is 72.5 Å². The number of aliphatic carboxylic acids is 1. The first-order valence-electron chi connectivity index (χ1n) is 10.0. The van der Waals surface area contributed by atoms with E-state index in [1.807, 2.05) is 0 Å². The minimum atomic E-state index is -1.33. The van der Waals surface area contributed by atoms with E-state index in [9.17, 15) is 33.6 Å². The zero-order valence-corrected chi connectivity index (χ0v) is 18.1. The van der Waals surface area contributed by atoms with E-state index in [4.69, 9.17) is 10.8 Å². The Bertz CT molecular complexity index is 719. The van der Waals surface area contributed by atoms with E-state index in [0.29, 0.717) is 6.42 Å². The van der Waals surface area contributed by atoms with Crippen LogP contribution in [0.5, 0.6) is 0 Å². The van der Waals surface area contributed by atoms with Gasteiger partial charge in [0, 0.05) is 25.7 Å². The number of amides is 3. The van der Waals surface area contributed by atoms with Crippen LogP contribution in [0.4, 0.5) is 0 Å². The molecule has 0 rings (SSSR count). The van der Waals surface area contributed by atoms with Crippen LogP contribution in [0.1, 0.15) is 65.7 Å². The zero-order valence-electron chi connectivity index (χ0n) is 18.1. The molecule has 0 saturated carbocycles. The molecule has 0 fully saturated rings. The van der Waals surface area contributed by atoms with Crippen LogP contribution >= 0.6 is 0 Å². The maximum Gasteiger partial charge on any atom is 0.304 e. The van der Waals surface area contributed by atoms with Gasteiger partial charge in [-0.05, 0) is 20.3 Å². The van der Waals surface area contributed by atoms with Crippen molar-refractivity contribution in [2.45, 2.75) is 77.8 Å². The lowest BCUT2D eigenvalue weighted by Crippen LogP contribution is -2.47. The van der Waals surface area contributed by atoms with Gasteiger partial charge in [0.15, 0.2) is 11.6 Å². The van der Waals surface area contributed by atoms with Crippen molar-refractivity contribution in [3.05, 3.63) is 0 Å². The molecule has 0 aromatic heterocycles. The third-order valence-electron chi connectivity index (χ3n) is 4.49. The van der Waals surface area contributed by atoms with Gasteiger partial charge < -0.3 is 26.3 Å². The van der Waals surface area contributed by atoms with Gasteiger partial charge in [0.05, 0.1) is 30.8 Å². The molecule has 0 aliphatic heterocycles. The predicted octanol–water partition coefficient (Wildman–Crippen LogP) is -0.360. The smallest absolute Gasteiger partial charge is 0.304 e. The van der Waals surface area contributed by atoms with Crippen molar-refractivity contribution in [3.63, 3.8) is 0 Å². The van der Waals surface area contributed by atoms with Gasteiger partial charge in [0.2, 0.25) is 17.7 Å². The normalized spacial score (nSPS) is 13.4. The monoisotopic (exact) mass is 441 g/mol. The molecule has 11 nitrogen and oxygen atoms in total. The number of nitrogens with one attached hydrogen (secondary N) is 2. The van der Waals surface area contributed by atoms with Gasteiger partial charge in [-0.15, -0.1) is 0 Å². The van der Waals surface area contributed by atoms with Crippen molar-refractivity contribution in [1.82, 2.24) is 10.6 Å². The second-order valence-corrected chi connectivity index (χ2v) is 7.36. The number of ketones is 3. The summed E-state index contributed by atoms with van der Waals surface area (Å²) in [6.45, 7) is 4.33. The summed E-state index contributed by atoms with van der Waals surface area (Å²) in [6, 6.07) is -2.19. The Kier molecular flexibility index (Phi) is 12.6. The first-order valence-corrected chi connectivity index (χ1v) is 10.0. The van der Waals surface area contributed by atoms with Gasteiger partial charge in [-0.25, -0.2) is 0 Å². The molecule has 0 unspecified atom stereocenters. The molecule has 3 amide bonds. The zero-order chi connectivity index (χ0) is 24.1. The first-order chi connectivity index (χ1) is 14.4. The molecule has 0 saturated heterocycles. The number of carboxylic acid groups (broad SMARTS) is 1. The van der Waals surface area contributed by atoms with Gasteiger partial charge in [-0.3, -0.25) is 28.8 Å². The van der Waals surface area contributed by atoms with Crippen LogP contribution in [-0.4, -0.2) is 58.2 Å². The van der Waals surface area contributed by atoms with E-state index in [1.165, 1.54) is 20.8 Å². The lowest BCUT2D eigenvalue weighted by Gasteiger charge is -2.21. The minimum Gasteiger partial charge on any atom is -0.481 e. The standard InChI is InChI=1S/C20H31N3O8/c1-4-15(25)14(10-17(21)27)23-20(31)13(9-19(29)30)8-16(26)12(3)22-18(28)7-5-6-11(2)24/h12-14H,4-10H2,1-3H3,(H2,21,27)(H,22,28)(H,23,31)(H,29,30)/t12-,13+,14-/m0/s1. The molecule has 0 aliphatic carbocycles. The Morgan fingerprint density at radius 2 is 1.52 bits per heavy atom. The molecule has 0 heterocycles. The fourth-order valence-corrected chi connectivity index (χ4v) is 2.76. The van der Waals surface area contributed by atoms with Crippen molar-refractivity contribution in [3.8, 4) is 0 Å². The number of primary amides is 1. The molecule has 0 aliphatic rings. The summed E-state index contributed by atoms with van der Waals surface area (Å²) in [5.74, 6) is -5.87. The van der Waals surface area contributed by atoms with E-state index >= 15 is 0 Å². The SMILES string of the molecule is CCC(=O)[C@H](CC(N)=O)NC(=O)[C@@H](CC(=O)O)CC(=O)[C@H](C)NC(=O)CCCC(C)=O. The Balaban J connectivity index is 5.07. The molecule has 0 spiro atoms. The number of carbonyl (C=O) groups excluding carboxylic acids is 6. The van der Waals surface area contributed by atoms with Gasteiger partial charge >= 0.3 is 5.97 Å². The van der Waals surface area contributed by atoms with Crippen molar-refractivity contribution < 1.29 is 38.7 Å². The summed E-state index contributed by atoms with van der Waals surface area (Å²) < 4.78 is 0. The Labute approximate surface area is 180 Å². The molecule has 3 atom stereocenters. The molecule has 5 N–H and O–H groups in total. The van der Waals surface area contributed by atoms with E-state index in [0.717, 1.165) is 0 Å². The Morgan fingerprint density at radius 1 is 0.903 bits per heavy atom. The topological polar surface area (TPSA) is 190 Å². The van der Waals surface area contributed by atoms with Gasteiger partial charge in [-0.2, -0.15) is 0 Å². The number of hydrogen-bond acceptors (Lipinski definition) is 7. The molecule has 31 heavy (non-hydrogen) atoms. The molecular formula is C20H31N3O8.